The first-order chi connectivity index (χ1) is 9.31. The predicted molar refractivity (Wildman–Crippen MR) is 75.3 cm³/mol. The third-order valence-electron chi connectivity index (χ3n) is 4.00. The third kappa shape index (κ3) is 2.18. The number of fused-ring (bicyclic) bond motifs is 1. The summed E-state index contributed by atoms with van der Waals surface area (Å²) in [5.74, 6) is 1.31. The van der Waals surface area contributed by atoms with Crippen LogP contribution in [-0.4, -0.2) is 23.0 Å². The van der Waals surface area contributed by atoms with E-state index in [-0.39, 0.29) is 0 Å². The van der Waals surface area contributed by atoms with Gasteiger partial charge >= 0.3 is 0 Å². The van der Waals surface area contributed by atoms with Gasteiger partial charge in [0, 0.05) is 17.1 Å². The second kappa shape index (κ2) is 4.96. The number of nitrogens with one attached hydrogen (secondary N) is 1. The highest BCUT2D eigenvalue weighted by Crippen LogP contribution is 2.36. The first kappa shape index (κ1) is 12.1. The van der Waals surface area contributed by atoms with Crippen molar-refractivity contribution in [2.24, 2.45) is 5.16 Å². The van der Waals surface area contributed by atoms with E-state index < -0.39 is 0 Å². The molecule has 1 fully saturated rings. The minimum Gasteiger partial charge on any atom is -0.497 e. The van der Waals surface area contributed by atoms with Gasteiger partial charge in [-0.2, -0.15) is 0 Å². The van der Waals surface area contributed by atoms with Gasteiger partial charge in [0.2, 0.25) is 0 Å². The molecular formula is C15H18N2O2. The molecule has 1 heterocycles. The Labute approximate surface area is 112 Å². The van der Waals surface area contributed by atoms with Crippen molar-refractivity contribution in [2.75, 3.05) is 7.11 Å². The number of aromatic amines is 1. The van der Waals surface area contributed by atoms with Gasteiger partial charge in [-0.25, -0.2) is 0 Å². The second-order valence-corrected chi connectivity index (χ2v) is 5.12. The first-order valence-electron chi connectivity index (χ1n) is 6.66. The van der Waals surface area contributed by atoms with Gasteiger partial charge < -0.3 is 14.9 Å². The molecule has 3 rings (SSSR count). The number of nitrogens with zero attached hydrogens (tertiary/aromatic N) is 1. The van der Waals surface area contributed by atoms with E-state index in [9.17, 15) is 0 Å². The first-order valence-corrected chi connectivity index (χ1v) is 6.66. The zero-order valence-corrected chi connectivity index (χ0v) is 11.0. The molecule has 1 aliphatic carbocycles. The topological polar surface area (TPSA) is 57.6 Å². The number of aromatic nitrogens is 1. The molecule has 0 amide bonds. The molecule has 1 aromatic heterocycles. The Balaban J connectivity index is 1.99. The van der Waals surface area contributed by atoms with Crippen LogP contribution < -0.4 is 4.74 Å². The summed E-state index contributed by atoms with van der Waals surface area (Å²) in [6.07, 6.45) is 6.07. The third-order valence-corrected chi connectivity index (χ3v) is 4.00. The van der Waals surface area contributed by atoms with E-state index in [4.69, 9.17) is 9.94 Å². The monoisotopic (exact) mass is 258 g/mol. The standard InChI is InChI=1S/C15H18N2O2/c1-19-12-5-6-15-13(8-12)14(9-16-15)10-3-2-4-11(7-10)17-18/h5-6,8-10,16,18H,2-4,7H2,1H3/b17-11+. The molecule has 1 saturated carbocycles. The maximum atomic E-state index is 8.96. The fourth-order valence-electron chi connectivity index (χ4n) is 2.98. The van der Waals surface area contributed by atoms with Crippen molar-refractivity contribution >= 4 is 16.6 Å². The van der Waals surface area contributed by atoms with Gasteiger partial charge in [-0.1, -0.05) is 5.16 Å². The molecule has 1 atom stereocenters. The van der Waals surface area contributed by atoms with E-state index in [1.807, 2.05) is 12.1 Å². The Kier molecular flexibility index (Phi) is 3.15. The van der Waals surface area contributed by atoms with E-state index in [0.717, 1.165) is 42.7 Å². The van der Waals surface area contributed by atoms with Crippen molar-refractivity contribution in [3.8, 4) is 5.75 Å². The maximum absolute atomic E-state index is 8.96. The predicted octanol–water partition coefficient (Wildman–Crippen LogP) is 3.66. The van der Waals surface area contributed by atoms with Crippen LogP contribution in [0.2, 0.25) is 0 Å². The smallest absolute Gasteiger partial charge is 0.119 e. The molecule has 1 aliphatic rings. The van der Waals surface area contributed by atoms with Gasteiger partial charge in [0.05, 0.1) is 12.8 Å². The van der Waals surface area contributed by atoms with Crippen LogP contribution in [0.4, 0.5) is 0 Å². The highest BCUT2D eigenvalue weighted by Gasteiger charge is 2.22. The van der Waals surface area contributed by atoms with Crippen molar-refractivity contribution in [2.45, 2.75) is 31.6 Å². The van der Waals surface area contributed by atoms with E-state index in [2.05, 4.69) is 22.4 Å². The molecule has 19 heavy (non-hydrogen) atoms. The molecule has 0 radical (unpaired) electrons. The Bertz CT molecular complexity index is 616. The summed E-state index contributed by atoms with van der Waals surface area (Å²) in [5, 5.41) is 13.6. The molecule has 0 saturated heterocycles. The highest BCUT2D eigenvalue weighted by atomic mass is 16.5. The van der Waals surface area contributed by atoms with E-state index >= 15 is 0 Å². The molecule has 2 aromatic rings. The summed E-state index contributed by atoms with van der Waals surface area (Å²) in [4.78, 5) is 3.31. The van der Waals surface area contributed by atoms with Crippen LogP contribution >= 0.6 is 0 Å². The minimum absolute atomic E-state index is 0.431. The van der Waals surface area contributed by atoms with Gasteiger partial charge in [-0.05, 0) is 55.4 Å². The Morgan fingerprint density at radius 2 is 2.32 bits per heavy atom. The summed E-state index contributed by atoms with van der Waals surface area (Å²) < 4.78 is 5.30. The lowest BCUT2D eigenvalue weighted by Gasteiger charge is -2.22. The second-order valence-electron chi connectivity index (χ2n) is 5.12. The molecule has 0 spiro atoms. The number of hydrogen-bond donors (Lipinski definition) is 2. The largest absolute Gasteiger partial charge is 0.497 e. The zero-order valence-electron chi connectivity index (χ0n) is 11.0. The van der Waals surface area contributed by atoms with Crippen LogP contribution in [0.3, 0.4) is 0 Å². The van der Waals surface area contributed by atoms with Gasteiger partial charge in [0.25, 0.3) is 0 Å². The molecule has 100 valence electrons. The summed E-state index contributed by atoms with van der Waals surface area (Å²) in [6.45, 7) is 0. The number of rotatable bonds is 2. The molecule has 0 bridgehead atoms. The summed E-state index contributed by atoms with van der Waals surface area (Å²) >= 11 is 0. The summed E-state index contributed by atoms with van der Waals surface area (Å²) in [5.41, 5.74) is 3.34. The van der Waals surface area contributed by atoms with Crippen LogP contribution in [0.5, 0.6) is 5.75 Å². The van der Waals surface area contributed by atoms with E-state index in [1.54, 1.807) is 7.11 Å². The van der Waals surface area contributed by atoms with Crippen LogP contribution in [0.1, 0.15) is 37.2 Å². The fraction of sp³-hybridized carbons (Fsp3) is 0.400. The normalized spacial score (nSPS) is 21.9. The molecule has 1 aromatic carbocycles. The van der Waals surface area contributed by atoms with Gasteiger partial charge in [0.1, 0.15) is 5.75 Å². The lowest BCUT2D eigenvalue weighted by atomic mass is 9.83. The van der Waals surface area contributed by atoms with Gasteiger partial charge in [-0.3, -0.25) is 0 Å². The van der Waals surface area contributed by atoms with Crippen molar-refractivity contribution in [1.29, 1.82) is 0 Å². The molecule has 4 nitrogen and oxygen atoms in total. The molecule has 0 aliphatic heterocycles. The number of H-pyrrole nitrogens is 1. The van der Waals surface area contributed by atoms with Crippen LogP contribution in [-0.2, 0) is 0 Å². The number of oxime groups is 1. The quantitative estimate of drug-likeness (QED) is 0.638. The SMILES string of the molecule is COc1ccc2[nH]cc(C3CCC/C(=N\O)C3)c2c1. The van der Waals surface area contributed by atoms with E-state index in [0.29, 0.717) is 5.92 Å². The average molecular weight is 258 g/mol. The number of hydrogen-bond acceptors (Lipinski definition) is 3. The van der Waals surface area contributed by atoms with Crippen LogP contribution in [0.25, 0.3) is 10.9 Å². The maximum Gasteiger partial charge on any atom is 0.119 e. The van der Waals surface area contributed by atoms with Crippen molar-refractivity contribution in [3.05, 3.63) is 30.0 Å². The molecule has 1 unspecified atom stereocenters. The van der Waals surface area contributed by atoms with Crippen molar-refractivity contribution in [3.63, 3.8) is 0 Å². The number of ether oxygens (including phenoxy) is 1. The minimum atomic E-state index is 0.431. The van der Waals surface area contributed by atoms with Gasteiger partial charge in [-0.15, -0.1) is 0 Å². The van der Waals surface area contributed by atoms with Crippen molar-refractivity contribution in [1.82, 2.24) is 4.98 Å². The lowest BCUT2D eigenvalue weighted by molar-refractivity contribution is 0.313. The number of benzene rings is 1. The highest BCUT2D eigenvalue weighted by molar-refractivity contribution is 5.89. The number of methoxy groups -OCH3 is 1. The average Bonchev–Trinajstić information content (AvgIpc) is 2.90. The Morgan fingerprint density at radius 3 is 3.11 bits per heavy atom. The fourth-order valence-corrected chi connectivity index (χ4v) is 2.98. The van der Waals surface area contributed by atoms with Crippen LogP contribution in [0.15, 0.2) is 29.6 Å². The summed E-state index contributed by atoms with van der Waals surface area (Å²) in [6, 6.07) is 6.08. The Hall–Kier alpha value is -1.97. The summed E-state index contributed by atoms with van der Waals surface area (Å²) in [7, 11) is 1.69. The molecule has 2 N–H and O–H groups in total. The van der Waals surface area contributed by atoms with Crippen LogP contribution in [0, 0.1) is 0 Å². The van der Waals surface area contributed by atoms with E-state index in [1.165, 1.54) is 10.9 Å². The zero-order chi connectivity index (χ0) is 13.2. The Morgan fingerprint density at radius 1 is 1.42 bits per heavy atom. The molecular weight excluding hydrogens is 240 g/mol. The molecule has 4 heteroatoms. The van der Waals surface area contributed by atoms with Crippen molar-refractivity contribution < 1.29 is 9.94 Å². The van der Waals surface area contributed by atoms with Gasteiger partial charge in [0.15, 0.2) is 0 Å². The lowest BCUT2D eigenvalue weighted by Crippen LogP contribution is -2.13.